The molecular weight excluding hydrogens is 366 g/mol. The summed E-state index contributed by atoms with van der Waals surface area (Å²) in [5.74, 6) is 1.35. The normalized spacial score (nSPS) is 13.4. The zero-order valence-corrected chi connectivity index (χ0v) is 16.3. The van der Waals surface area contributed by atoms with Gasteiger partial charge in [-0.1, -0.05) is 36.4 Å². The molecule has 0 spiro atoms. The van der Waals surface area contributed by atoms with Gasteiger partial charge in [0.05, 0.1) is 7.11 Å². The van der Waals surface area contributed by atoms with E-state index < -0.39 is 0 Å². The van der Waals surface area contributed by atoms with Gasteiger partial charge in [-0.25, -0.2) is 4.79 Å². The van der Waals surface area contributed by atoms with Gasteiger partial charge in [-0.3, -0.25) is 0 Å². The van der Waals surface area contributed by atoms with E-state index in [-0.39, 0.29) is 18.4 Å². The molecule has 1 aliphatic heterocycles. The Kier molecular flexibility index (Phi) is 8.23. The van der Waals surface area contributed by atoms with Crippen LogP contribution in [0.3, 0.4) is 0 Å². The predicted octanol–water partition coefficient (Wildman–Crippen LogP) is 2.81. The minimum absolute atomic E-state index is 0. The summed E-state index contributed by atoms with van der Waals surface area (Å²) in [5.41, 5.74) is 2.07. The highest BCUT2D eigenvalue weighted by Crippen LogP contribution is 2.28. The molecule has 0 aliphatic carbocycles. The third-order valence-electron chi connectivity index (χ3n) is 4.31. The van der Waals surface area contributed by atoms with E-state index in [0.29, 0.717) is 24.7 Å². The number of methoxy groups -OCH3 is 1. The van der Waals surface area contributed by atoms with Crippen LogP contribution in [-0.4, -0.2) is 44.2 Å². The maximum atomic E-state index is 12.2. The molecule has 0 unspecified atom stereocenters. The maximum absolute atomic E-state index is 12.2. The monoisotopic (exact) mass is 391 g/mol. The Balaban J connectivity index is 0.00000261. The van der Waals surface area contributed by atoms with Crippen molar-refractivity contribution in [2.24, 2.45) is 0 Å². The average Bonchev–Trinajstić information content (AvgIpc) is 2.72. The first kappa shape index (κ1) is 20.9. The van der Waals surface area contributed by atoms with E-state index in [0.717, 1.165) is 37.3 Å². The van der Waals surface area contributed by atoms with Crippen LogP contribution >= 0.6 is 12.4 Å². The smallest absolute Gasteiger partial charge is 0.317 e. The van der Waals surface area contributed by atoms with Crippen molar-refractivity contribution in [3.63, 3.8) is 0 Å². The number of rotatable bonds is 6. The third kappa shape index (κ3) is 6.05. The number of urea groups is 1. The second kappa shape index (κ2) is 10.6. The zero-order chi connectivity index (χ0) is 18.2. The first-order chi connectivity index (χ1) is 12.8. The van der Waals surface area contributed by atoms with Crippen LogP contribution in [0.5, 0.6) is 11.5 Å². The third-order valence-corrected chi connectivity index (χ3v) is 4.31. The Bertz CT molecular complexity index is 722. The van der Waals surface area contributed by atoms with Crippen LogP contribution in [0, 0.1) is 0 Å². The summed E-state index contributed by atoms with van der Waals surface area (Å²) in [4.78, 5) is 14.0. The topological polar surface area (TPSA) is 62.8 Å². The van der Waals surface area contributed by atoms with E-state index in [9.17, 15) is 4.79 Å². The first-order valence-corrected chi connectivity index (χ1v) is 8.83. The van der Waals surface area contributed by atoms with Gasteiger partial charge in [0.25, 0.3) is 0 Å². The van der Waals surface area contributed by atoms with Gasteiger partial charge in [-0.05, 0) is 23.3 Å². The number of piperazine rings is 1. The van der Waals surface area contributed by atoms with Crippen molar-refractivity contribution in [2.45, 2.75) is 13.2 Å². The highest BCUT2D eigenvalue weighted by molar-refractivity contribution is 5.85. The number of carbonyl (C=O) groups is 1. The Morgan fingerprint density at radius 2 is 1.81 bits per heavy atom. The Labute approximate surface area is 166 Å². The van der Waals surface area contributed by atoms with Crippen molar-refractivity contribution in [3.8, 4) is 11.5 Å². The average molecular weight is 392 g/mol. The van der Waals surface area contributed by atoms with Crippen molar-refractivity contribution in [2.75, 3.05) is 33.3 Å². The van der Waals surface area contributed by atoms with Crippen LogP contribution in [0.15, 0.2) is 48.5 Å². The summed E-state index contributed by atoms with van der Waals surface area (Å²) < 4.78 is 11.3. The second-order valence-electron chi connectivity index (χ2n) is 6.16. The van der Waals surface area contributed by atoms with Gasteiger partial charge >= 0.3 is 6.03 Å². The van der Waals surface area contributed by atoms with Crippen LogP contribution < -0.4 is 20.1 Å². The van der Waals surface area contributed by atoms with E-state index in [1.165, 1.54) is 0 Å². The van der Waals surface area contributed by atoms with Crippen molar-refractivity contribution in [3.05, 3.63) is 59.7 Å². The maximum Gasteiger partial charge on any atom is 0.317 e. The van der Waals surface area contributed by atoms with Crippen LogP contribution in [0.2, 0.25) is 0 Å². The lowest BCUT2D eigenvalue weighted by atomic mass is 10.2. The van der Waals surface area contributed by atoms with Crippen LogP contribution in [-0.2, 0) is 13.2 Å². The lowest BCUT2D eigenvalue weighted by molar-refractivity contribution is 0.189. The molecule has 2 N–H and O–H groups in total. The van der Waals surface area contributed by atoms with E-state index in [2.05, 4.69) is 10.6 Å². The highest BCUT2D eigenvalue weighted by atomic mass is 35.5. The van der Waals surface area contributed by atoms with Gasteiger partial charge in [0.2, 0.25) is 0 Å². The number of benzene rings is 2. The minimum Gasteiger partial charge on any atom is -0.493 e. The number of nitrogens with zero attached hydrogens (tertiary/aromatic N) is 1. The minimum atomic E-state index is -0.0325. The zero-order valence-electron chi connectivity index (χ0n) is 15.4. The number of hydrogen-bond acceptors (Lipinski definition) is 4. The summed E-state index contributed by atoms with van der Waals surface area (Å²) in [6.45, 7) is 4.10. The Morgan fingerprint density at radius 1 is 1.07 bits per heavy atom. The molecule has 2 amide bonds. The summed E-state index contributed by atoms with van der Waals surface area (Å²) in [6.07, 6.45) is 0. The molecule has 0 aromatic heterocycles. The van der Waals surface area contributed by atoms with Crippen molar-refractivity contribution in [1.29, 1.82) is 0 Å². The standard InChI is InChI=1S/C20H25N3O3.ClH/c1-25-19-13-17(14-22-20(24)23-11-9-21-10-12-23)7-8-18(19)26-15-16-5-3-2-4-6-16;/h2-8,13,21H,9-12,14-15H2,1H3,(H,22,24);1H. The fraction of sp³-hybridized carbons (Fsp3) is 0.350. The van der Waals surface area contributed by atoms with E-state index in [1.807, 2.05) is 53.4 Å². The lowest BCUT2D eigenvalue weighted by Crippen LogP contribution is -2.50. The molecule has 27 heavy (non-hydrogen) atoms. The summed E-state index contributed by atoms with van der Waals surface area (Å²) in [6, 6.07) is 15.7. The first-order valence-electron chi connectivity index (χ1n) is 8.83. The molecule has 3 rings (SSSR count). The molecule has 7 heteroatoms. The molecule has 1 heterocycles. The van der Waals surface area contributed by atoms with Crippen LogP contribution in [0.1, 0.15) is 11.1 Å². The van der Waals surface area contributed by atoms with Crippen LogP contribution in [0.25, 0.3) is 0 Å². The van der Waals surface area contributed by atoms with Gasteiger partial charge in [0.15, 0.2) is 11.5 Å². The largest absolute Gasteiger partial charge is 0.493 e. The molecule has 1 fully saturated rings. The summed E-state index contributed by atoms with van der Waals surface area (Å²) in [7, 11) is 1.62. The lowest BCUT2D eigenvalue weighted by Gasteiger charge is -2.27. The molecular formula is C20H26ClN3O3. The quantitative estimate of drug-likeness (QED) is 0.794. The van der Waals surface area contributed by atoms with E-state index in [4.69, 9.17) is 9.47 Å². The SMILES string of the molecule is COc1cc(CNC(=O)N2CCNCC2)ccc1OCc1ccccc1.Cl. The number of halogens is 1. The van der Waals surface area contributed by atoms with E-state index >= 15 is 0 Å². The number of nitrogens with one attached hydrogen (secondary N) is 2. The Hall–Kier alpha value is -2.44. The highest BCUT2D eigenvalue weighted by Gasteiger charge is 2.15. The van der Waals surface area contributed by atoms with Gasteiger partial charge in [-0.15, -0.1) is 12.4 Å². The number of carbonyl (C=O) groups excluding carboxylic acids is 1. The molecule has 1 aliphatic rings. The number of ether oxygens (including phenoxy) is 2. The van der Waals surface area contributed by atoms with Gasteiger partial charge in [0.1, 0.15) is 6.61 Å². The predicted molar refractivity (Wildman–Crippen MR) is 108 cm³/mol. The summed E-state index contributed by atoms with van der Waals surface area (Å²) >= 11 is 0. The van der Waals surface area contributed by atoms with Gasteiger partial charge in [0, 0.05) is 32.7 Å². The number of hydrogen-bond donors (Lipinski definition) is 2. The van der Waals surface area contributed by atoms with Crippen molar-refractivity contribution in [1.82, 2.24) is 15.5 Å². The molecule has 146 valence electrons. The van der Waals surface area contributed by atoms with E-state index in [1.54, 1.807) is 7.11 Å². The van der Waals surface area contributed by atoms with Gasteiger partial charge in [-0.2, -0.15) is 0 Å². The molecule has 2 aromatic carbocycles. The second-order valence-corrected chi connectivity index (χ2v) is 6.16. The van der Waals surface area contributed by atoms with Crippen LogP contribution in [0.4, 0.5) is 4.79 Å². The fourth-order valence-electron chi connectivity index (χ4n) is 2.83. The summed E-state index contributed by atoms with van der Waals surface area (Å²) in [5, 5.41) is 6.20. The van der Waals surface area contributed by atoms with Gasteiger partial charge < -0.3 is 25.0 Å². The molecule has 0 saturated carbocycles. The molecule has 0 radical (unpaired) electrons. The van der Waals surface area contributed by atoms with Crippen molar-refractivity contribution >= 4 is 18.4 Å². The van der Waals surface area contributed by atoms with Crippen molar-refractivity contribution < 1.29 is 14.3 Å². The molecule has 0 atom stereocenters. The molecule has 0 bridgehead atoms. The molecule has 6 nitrogen and oxygen atoms in total. The Morgan fingerprint density at radius 3 is 2.52 bits per heavy atom. The molecule has 1 saturated heterocycles. The number of amides is 2. The fourth-order valence-corrected chi connectivity index (χ4v) is 2.83. The molecule has 2 aromatic rings.